The molecule has 1 N–H and O–H groups in total. The van der Waals surface area contributed by atoms with Gasteiger partial charge >= 0.3 is 0 Å². The predicted molar refractivity (Wildman–Crippen MR) is 84.8 cm³/mol. The molecule has 1 heterocycles. The van der Waals surface area contributed by atoms with E-state index in [1.807, 2.05) is 18.2 Å². The van der Waals surface area contributed by atoms with Crippen molar-refractivity contribution >= 4 is 0 Å². The van der Waals surface area contributed by atoms with Crippen LogP contribution >= 0.6 is 0 Å². The summed E-state index contributed by atoms with van der Waals surface area (Å²) in [4.78, 5) is 2.43. The molecule has 20 heavy (non-hydrogen) atoms. The van der Waals surface area contributed by atoms with Crippen LogP contribution in [-0.4, -0.2) is 29.6 Å². The molecule has 2 heteroatoms. The highest BCUT2D eigenvalue weighted by molar-refractivity contribution is 5.27. The average molecular weight is 275 g/mol. The van der Waals surface area contributed by atoms with E-state index in [2.05, 4.69) is 31.7 Å². The van der Waals surface area contributed by atoms with Gasteiger partial charge in [0.05, 0.1) is 6.10 Å². The number of aryl methyl sites for hydroxylation is 1. The van der Waals surface area contributed by atoms with Crippen molar-refractivity contribution in [3.05, 3.63) is 35.4 Å². The number of hydrogen-bond donors (Lipinski definition) is 1. The molecular weight excluding hydrogens is 246 g/mol. The maximum atomic E-state index is 10.5. The second-order valence-electron chi connectivity index (χ2n) is 6.38. The van der Waals surface area contributed by atoms with Crippen molar-refractivity contribution in [3.63, 3.8) is 0 Å². The number of rotatable bonds is 5. The molecule has 0 saturated carbocycles. The fourth-order valence-corrected chi connectivity index (χ4v) is 3.47. The monoisotopic (exact) mass is 275 g/mol. The first kappa shape index (κ1) is 15.5. The zero-order valence-electron chi connectivity index (χ0n) is 13.2. The van der Waals surface area contributed by atoms with Crippen molar-refractivity contribution in [1.29, 1.82) is 0 Å². The quantitative estimate of drug-likeness (QED) is 0.880. The van der Waals surface area contributed by atoms with Gasteiger partial charge in [-0.3, -0.25) is 0 Å². The Balaban J connectivity index is 1.91. The number of nitrogens with zero attached hydrogens (tertiary/aromatic N) is 1. The summed E-state index contributed by atoms with van der Waals surface area (Å²) < 4.78 is 0. The lowest BCUT2D eigenvalue weighted by atomic mass is 9.74. The second kappa shape index (κ2) is 6.73. The lowest BCUT2D eigenvalue weighted by molar-refractivity contribution is 0.0530. The van der Waals surface area contributed by atoms with E-state index in [-0.39, 0.29) is 6.10 Å². The molecule has 0 bridgehead atoms. The summed E-state index contributed by atoms with van der Waals surface area (Å²) in [6, 6.07) is 8.17. The van der Waals surface area contributed by atoms with Gasteiger partial charge < -0.3 is 10.0 Å². The van der Waals surface area contributed by atoms with Crippen LogP contribution in [0.3, 0.4) is 0 Å². The molecule has 1 atom stereocenters. The molecular formula is C18H29NO. The standard InChI is InChI=1S/C18H29NO/c1-4-18(5-2)10-12-19(13-11-18)14-17(20)16-9-7-6-8-15(16)3/h6-9,17,20H,4-5,10-14H2,1-3H3. The van der Waals surface area contributed by atoms with Crippen molar-refractivity contribution < 1.29 is 5.11 Å². The Labute approximate surface area is 123 Å². The smallest absolute Gasteiger partial charge is 0.0919 e. The SMILES string of the molecule is CCC1(CC)CCN(CC(O)c2ccccc2C)CC1. The number of likely N-dealkylation sites (tertiary alicyclic amines) is 1. The number of aliphatic hydroxyl groups is 1. The number of β-amino-alcohol motifs (C(OH)–C–C–N with tert-alkyl or cyclic N) is 1. The van der Waals surface area contributed by atoms with Crippen LogP contribution in [0.2, 0.25) is 0 Å². The molecule has 0 spiro atoms. The molecule has 112 valence electrons. The van der Waals surface area contributed by atoms with Crippen LogP contribution in [-0.2, 0) is 0 Å². The number of hydrogen-bond acceptors (Lipinski definition) is 2. The third-order valence-electron chi connectivity index (χ3n) is 5.40. The highest BCUT2D eigenvalue weighted by atomic mass is 16.3. The van der Waals surface area contributed by atoms with Crippen LogP contribution in [0, 0.1) is 12.3 Å². The first-order valence-electron chi connectivity index (χ1n) is 8.06. The fraction of sp³-hybridized carbons (Fsp3) is 0.667. The van der Waals surface area contributed by atoms with E-state index in [0.717, 1.165) is 25.2 Å². The minimum absolute atomic E-state index is 0.355. The molecule has 1 aliphatic rings. The summed E-state index contributed by atoms with van der Waals surface area (Å²) in [6.07, 6.45) is 4.78. The Bertz CT molecular complexity index is 415. The van der Waals surface area contributed by atoms with E-state index >= 15 is 0 Å². The van der Waals surface area contributed by atoms with E-state index in [1.54, 1.807) is 0 Å². The molecule has 1 fully saturated rings. The molecule has 1 unspecified atom stereocenters. The van der Waals surface area contributed by atoms with Gasteiger partial charge in [0.25, 0.3) is 0 Å². The molecule has 0 amide bonds. The van der Waals surface area contributed by atoms with Gasteiger partial charge in [-0.15, -0.1) is 0 Å². The van der Waals surface area contributed by atoms with Gasteiger partial charge in [0.1, 0.15) is 0 Å². The van der Waals surface area contributed by atoms with E-state index in [1.165, 1.54) is 31.2 Å². The maximum Gasteiger partial charge on any atom is 0.0919 e. The zero-order valence-corrected chi connectivity index (χ0v) is 13.2. The summed E-state index contributed by atoms with van der Waals surface area (Å²) in [7, 11) is 0. The summed E-state index contributed by atoms with van der Waals surface area (Å²) in [5, 5.41) is 10.5. The number of aliphatic hydroxyl groups excluding tert-OH is 1. The molecule has 2 nitrogen and oxygen atoms in total. The van der Waals surface area contributed by atoms with Crippen molar-refractivity contribution in [2.24, 2.45) is 5.41 Å². The van der Waals surface area contributed by atoms with Crippen molar-refractivity contribution in [2.75, 3.05) is 19.6 Å². The minimum Gasteiger partial charge on any atom is -0.387 e. The Hall–Kier alpha value is -0.860. The Morgan fingerprint density at radius 3 is 2.30 bits per heavy atom. The van der Waals surface area contributed by atoms with Crippen LogP contribution in [0.15, 0.2) is 24.3 Å². The van der Waals surface area contributed by atoms with Crippen LogP contribution in [0.25, 0.3) is 0 Å². The van der Waals surface area contributed by atoms with Gasteiger partial charge in [-0.05, 0) is 49.4 Å². The maximum absolute atomic E-state index is 10.5. The number of piperidine rings is 1. The van der Waals surface area contributed by atoms with Gasteiger partial charge in [0.15, 0.2) is 0 Å². The van der Waals surface area contributed by atoms with Crippen molar-refractivity contribution in [1.82, 2.24) is 4.90 Å². The summed E-state index contributed by atoms with van der Waals surface area (Å²) in [5.41, 5.74) is 2.83. The van der Waals surface area contributed by atoms with Crippen LogP contribution in [0.1, 0.15) is 56.8 Å². The lowest BCUT2D eigenvalue weighted by Gasteiger charge is -2.41. The predicted octanol–water partition coefficient (Wildman–Crippen LogP) is 3.93. The van der Waals surface area contributed by atoms with E-state index in [4.69, 9.17) is 0 Å². The third kappa shape index (κ3) is 3.42. The number of benzene rings is 1. The van der Waals surface area contributed by atoms with Gasteiger partial charge in [-0.2, -0.15) is 0 Å². The highest BCUT2D eigenvalue weighted by Crippen LogP contribution is 2.38. The normalized spacial score (nSPS) is 20.8. The van der Waals surface area contributed by atoms with E-state index in [0.29, 0.717) is 5.41 Å². The zero-order chi connectivity index (χ0) is 14.6. The largest absolute Gasteiger partial charge is 0.387 e. The molecule has 0 aromatic heterocycles. The van der Waals surface area contributed by atoms with Crippen LogP contribution in [0.5, 0.6) is 0 Å². The van der Waals surface area contributed by atoms with Gasteiger partial charge in [0.2, 0.25) is 0 Å². The van der Waals surface area contributed by atoms with E-state index < -0.39 is 0 Å². The van der Waals surface area contributed by atoms with Crippen LogP contribution < -0.4 is 0 Å². The van der Waals surface area contributed by atoms with Crippen molar-refractivity contribution in [2.45, 2.75) is 52.6 Å². The third-order valence-corrected chi connectivity index (χ3v) is 5.40. The Morgan fingerprint density at radius 1 is 1.15 bits per heavy atom. The van der Waals surface area contributed by atoms with Gasteiger partial charge in [-0.1, -0.05) is 51.0 Å². The average Bonchev–Trinajstić information content (AvgIpc) is 2.49. The molecule has 2 rings (SSSR count). The lowest BCUT2D eigenvalue weighted by Crippen LogP contribution is -2.41. The molecule has 1 aliphatic heterocycles. The van der Waals surface area contributed by atoms with Gasteiger partial charge in [-0.25, -0.2) is 0 Å². The molecule has 1 saturated heterocycles. The molecule has 1 aromatic carbocycles. The van der Waals surface area contributed by atoms with E-state index in [9.17, 15) is 5.11 Å². The Kier molecular flexibility index (Phi) is 5.22. The van der Waals surface area contributed by atoms with Crippen LogP contribution in [0.4, 0.5) is 0 Å². The topological polar surface area (TPSA) is 23.5 Å². The summed E-state index contributed by atoms with van der Waals surface area (Å²) in [6.45, 7) is 9.75. The highest BCUT2D eigenvalue weighted by Gasteiger charge is 2.31. The minimum atomic E-state index is -0.355. The fourth-order valence-electron chi connectivity index (χ4n) is 3.47. The molecule has 0 aliphatic carbocycles. The summed E-state index contributed by atoms with van der Waals surface area (Å²) >= 11 is 0. The molecule has 1 aromatic rings. The first-order chi connectivity index (χ1) is 9.60. The van der Waals surface area contributed by atoms with Crippen molar-refractivity contribution in [3.8, 4) is 0 Å². The Morgan fingerprint density at radius 2 is 1.75 bits per heavy atom. The first-order valence-corrected chi connectivity index (χ1v) is 8.06. The van der Waals surface area contributed by atoms with Gasteiger partial charge in [0, 0.05) is 6.54 Å². The molecule has 0 radical (unpaired) electrons. The summed E-state index contributed by atoms with van der Waals surface area (Å²) in [5.74, 6) is 0. The second-order valence-corrected chi connectivity index (χ2v) is 6.38.